The molecule has 33 heavy (non-hydrogen) atoms. The first-order valence-electron chi connectivity index (χ1n) is 11.2. The Morgan fingerprint density at radius 2 is 1.64 bits per heavy atom. The minimum atomic E-state index is -0.0536. The lowest BCUT2D eigenvalue weighted by molar-refractivity contribution is 0.599. The highest BCUT2D eigenvalue weighted by Gasteiger charge is 2.26. The quantitative estimate of drug-likeness (QED) is 0.276. The van der Waals surface area contributed by atoms with Crippen LogP contribution in [0.25, 0.3) is 11.1 Å². The number of halogens is 1. The lowest BCUT2D eigenvalue weighted by atomic mass is 9.77. The van der Waals surface area contributed by atoms with Crippen LogP contribution < -0.4 is 4.90 Å². The maximum Gasteiger partial charge on any atom is 0.137 e. The second kappa shape index (κ2) is 9.21. The van der Waals surface area contributed by atoms with E-state index in [1.54, 1.807) is 0 Å². The molecule has 3 aromatic carbocycles. The van der Waals surface area contributed by atoms with E-state index in [2.05, 4.69) is 131 Å². The van der Waals surface area contributed by atoms with Crippen LogP contribution in [0.3, 0.4) is 0 Å². The van der Waals surface area contributed by atoms with E-state index >= 15 is 0 Å². The molecule has 0 spiro atoms. The second-order valence-corrected chi connectivity index (χ2v) is 9.43. The number of hydrogen-bond donors (Lipinski definition) is 0. The molecule has 0 bridgehead atoms. The summed E-state index contributed by atoms with van der Waals surface area (Å²) >= 11 is 3.79. The highest BCUT2D eigenvalue weighted by molar-refractivity contribution is 9.10. The van der Waals surface area contributed by atoms with Crippen molar-refractivity contribution in [2.45, 2.75) is 18.8 Å². The summed E-state index contributed by atoms with van der Waals surface area (Å²) in [5.41, 5.74) is 5.72. The van der Waals surface area contributed by atoms with Gasteiger partial charge < -0.3 is 0 Å². The second-order valence-electron chi connectivity index (χ2n) is 8.51. The van der Waals surface area contributed by atoms with E-state index in [1.165, 1.54) is 11.1 Å². The smallest absolute Gasteiger partial charge is 0.137 e. The van der Waals surface area contributed by atoms with E-state index < -0.39 is 0 Å². The molecular formula is C30H25BrN2. The van der Waals surface area contributed by atoms with E-state index in [-0.39, 0.29) is 5.41 Å². The Hall–Kier alpha value is -3.43. The van der Waals surface area contributed by atoms with Crippen molar-refractivity contribution in [3.63, 3.8) is 0 Å². The zero-order chi connectivity index (χ0) is 22.7. The van der Waals surface area contributed by atoms with Crippen molar-refractivity contribution < 1.29 is 0 Å². The summed E-state index contributed by atoms with van der Waals surface area (Å²) in [6, 6.07) is 31.8. The number of benzene rings is 3. The summed E-state index contributed by atoms with van der Waals surface area (Å²) < 4.78 is 1.05. The van der Waals surface area contributed by atoms with Crippen molar-refractivity contribution in [2.24, 2.45) is 0 Å². The van der Waals surface area contributed by atoms with Gasteiger partial charge in [0.05, 0.1) is 5.69 Å². The Kier molecular flexibility index (Phi) is 5.97. The molecule has 3 heteroatoms. The Balaban J connectivity index is 1.71. The summed E-state index contributed by atoms with van der Waals surface area (Å²) in [6.45, 7) is 2.29. The molecule has 0 aliphatic heterocycles. The predicted octanol–water partition coefficient (Wildman–Crippen LogP) is 8.75. The molecule has 0 saturated carbocycles. The molecule has 0 saturated heterocycles. The molecule has 2 nitrogen and oxygen atoms in total. The van der Waals surface area contributed by atoms with Gasteiger partial charge >= 0.3 is 0 Å². The monoisotopic (exact) mass is 492 g/mol. The third-order valence-electron chi connectivity index (χ3n) is 6.16. The predicted molar refractivity (Wildman–Crippen MR) is 142 cm³/mol. The van der Waals surface area contributed by atoms with E-state index in [1.807, 2.05) is 18.3 Å². The number of nitrogens with zero attached hydrogens (tertiary/aromatic N) is 2. The van der Waals surface area contributed by atoms with E-state index in [9.17, 15) is 0 Å². The van der Waals surface area contributed by atoms with Crippen molar-refractivity contribution in [1.82, 2.24) is 4.98 Å². The first kappa shape index (κ1) is 21.4. The van der Waals surface area contributed by atoms with Crippen LogP contribution in [0.5, 0.6) is 0 Å². The molecule has 162 valence electrons. The molecule has 1 aromatic heterocycles. The van der Waals surface area contributed by atoms with Gasteiger partial charge in [0.1, 0.15) is 5.82 Å². The van der Waals surface area contributed by atoms with Crippen LogP contribution >= 0.6 is 15.9 Å². The number of anilines is 3. The van der Waals surface area contributed by atoms with E-state index in [0.29, 0.717) is 0 Å². The van der Waals surface area contributed by atoms with Crippen LogP contribution in [-0.2, 0) is 5.41 Å². The third-order valence-corrected chi connectivity index (χ3v) is 6.62. The largest absolute Gasteiger partial charge is 0.294 e. The molecule has 5 rings (SSSR count). The average molecular weight is 493 g/mol. The van der Waals surface area contributed by atoms with Crippen LogP contribution in [0.2, 0.25) is 0 Å². The fraction of sp³-hybridized carbons (Fsp3) is 0.100. The van der Waals surface area contributed by atoms with E-state index in [4.69, 9.17) is 4.98 Å². The van der Waals surface area contributed by atoms with Crippen LogP contribution in [0.4, 0.5) is 17.2 Å². The third kappa shape index (κ3) is 4.42. The van der Waals surface area contributed by atoms with Gasteiger partial charge in [0.15, 0.2) is 0 Å². The normalized spacial score (nSPS) is 17.2. The van der Waals surface area contributed by atoms with Crippen LogP contribution in [0.15, 0.2) is 126 Å². The Labute approximate surface area is 204 Å². The zero-order valence-electron chi connectivity index (χ0n) is 18.5. The van der Waals surface area contributed by atoms with Gasteiger partial charge in [0.25, 0.3) is 0 Å². The standard InChI is InChI=1S/C30H25BrN2/c1-30(17-9-3-10-18-30)24-20-25(31)22-26(21-24)33(29-16-8-11-19-32-29)28-15-7-6-14-27(28)23-12-4-2-5-13-23/h2-17,19-22H,18H2,1H3. The van der Waals surface area contributed by atoms with Crippen LogP contribution in [-0.4, -0.2) is 4.98 Å². The first-order chi connectivity index (χ1) is 16.1. The van der Waals surface area contributed by atoms with E-state index in [0.717, 1.165) is 33.6 Å². The number of rotatable bonds is 5. The maximum absolute atomic E-state index is 4.74. The van der Waals surface area contributed by atoms with Crippen molar-refractivity contribution in [1.29, 1.82) is 0 Å². The summed E-state index contributed by atoms with van der Waals surface area (Å²) in [5, 5.41) is 0. The van der Waals surface area contributed by atoms with Crippen LogP contribution in [0.1, 0.15) is 18.9 Å². The molecule has 1 aliphatic carbocycles. The summed E-state index contributed by atoms with van der Waals surface area (Å²) in [7, 11) is 0. The molecule has 1 unspecified atom stereocenters. The molecule has 1 heterocycles. The Bertz CT molecular complexity index is 1310. The Morgan fingerprint density at radius 3 is 2.39 bits per heavy atom. The zero-order valence-corrected chi connectivity index (χ0v) is 20.1. The van der Waals surface area contributed by atoms with Gasteiger partial charge in [-0.2, -0.15) is 0 Å². The van der Waals surface area contributed by atoms with Crippen molar-refractivity contribution in [2.75, 3.05) is 4.90 Å². The van der Waals surface area contributed by atoms with Crippen molar-refractivity contribution in [3.8, 4) is 11.1 Å². The van der Waals surface area contributed by atoms with Gasteiger partial charge in [-0.25, -0.2) is 4.98 Å². The average Bonchev–Trinajstić information content (AvgIpc) is 2.86. The van der Waals surface area contributed by atoms with Crippen molar-refractivity contribution >= 4 is 33.1 Å². The number of para-hydroxylation sites is 1. The van der Waals surface area contributed by atoms with Gasteiger partial charge in [-0.05, 0) is 53.9 Å². The SMILES string of the molecule is CC1(c2cc(Br)cc(N(c3ccccn3)c3ccccc3-c3ccccc3)c2)C=CC=CC1. The highest BCUT2D eigenvalue weighted by atomic mass is 79.9. The molecule has 0 radical (unpaired) electrons. The number of pyridine rings is 1. The van der Waals surface area contributed by atoms with Crippen LogP contribution in [0, 0.1) is 0 Å². The minimum absolute atomic E-state index is 0.0536. The lowest BCUT2D eigenvalue weighted by Crippen LogP contribution is -2.20. The summed E-state index contributed by atoms with van der Waals surface area (Å²) in [5.74, 6) is 0.883. The highest BCUT2D eigenvalue weighted by Crippen LogP contribution is 2.43. The molecule has 1 atom stereocenters. The number of aromatic nitrogens is 1. The lowest BCUT2D eigenvalue weighted by Gasteiger charge is -2.31. The fourth-order valence-corrected chi connectivity index (χ4v) is 4.87. The molecule has 1 aliphatic rings. The van der Waals surface area contributed by atoms with Gasteiger partial charge in [0, 0.05) is 27.3 Å². The molecule has 0 N–H and O–H groups in total. The molecule has 0 fully saturated rings. The molecular weight excluding hydrogens is 468 g/mol. The first-order valence-corrected chi connectivity index (χ1v) is 11.9. The number of hydrogen-bond acceptors (Lipinski definition) is 2. The Morgan fingerprint density at radius 1 is 0.848 bits per heavy atom. The van der Waals surface area contributed by atoms with Gasteiger partial charge in [-0.15, -0.1) is 0 Å². The number of allylic oxidation sites excluding steroid dienone is 4. The van der Waals surface area contributed by atoms with Gasteiger partial charge in [-0.3, -0.25) is 4.90 Å². The molecule has 0 amide bonds. The summed E-state index contributed by atoms with van der Waals surface area (Å²) in [6.07, 6.45) is 11.6. The topological polar surface area (TPSA) is 16.1 Å². The fourth-order valence-electron chi connectivity index (χ4n) is 4.39. The maximum atomic E-state index is 4.74. The van der Waals surface area contributed by atoms with Gasteiger partial charge in [-0.1, -0.05) is 102 Å². The van der Waals surface area contributed by atoms with Crippen molar-refractivity contribution in [3.05, 3.63) is 132 Å². The molecule has 4 aromatic rings. The van der Waals surface area contributed by atoms with Gasteiger partial charge in [0.2, 0.25) is 0 Å². The minimum Gasteiger partial charge on any atom is -0.294 e. The summed E-state index contributed by atoms with van der Waals surface area (Å²) in [4.78, 5) is 6.99.